The van der Waals surface area contributed by atoms with Crippen LogP contribution in [0.25, 0.3) is 0 Å². The first-order chi connectivity index (χ1) is 9.06. The van der Waals surface area contributed by atoms with Crippen LogP contribution in [0.4, 0.5) is 0 Å². The van der Waals surface area contributed by atoms with Crippen LogP contribution in [0.1, 0.15) is 31.0 Å². The lowest BCUT2D eigenvalue weighted by atomic mass is 10.0. The molecule has 5 heteroatoms. The Morgan fingerprint density at radius 2 is 2.00 bits per heavy atom. The number of hydrogen-bond acceptors (Lipinski definition) is 3. The first kappa shape index (κ1) is 14.3. The van der Waals surface area contributed by atoms with E-state index in [1.807, 2.05) is 18.2 Å². The smallest absolute Gasteiger partial charge is 0.151 e. The number of hydrogen-bond donors (Lipinski definition) is 0. The molecule has 0 saturated carbocycles. The van der Waals surface area contributed by atoms with Gasteiger partial charge in [0.15, 0.2) is 5.15 Å². The van der Waals surface area contributed by atoms with Gasteiger partial charge in [0, 0.05) is 4.47 Å². The van der Waals surface area contributed by atoms with E-state index in [2.05, 4.69) is 46.0 Å². The highest BCUT2D eigenvalue weighted by atomic mass is 79.9. The number of benzene rings is 1. The zero-order valence-electron chi connectivity index (χ0n) is 10.7. The van der Waals surface area contributed by atoms with Crippen molar-refractivity contribution in [1.29, 1.82) is 0 Å². The van der Waals surface area contributed by atoms with Crippen molar-refractivity contribution in [1.82, 2.24) is 10.2 Å². The van der Waals surface area contributed by atoms with Crippen LogP contribution in [0.15, 0.2) is 34.8 Å². The molecule has 1 aromatic heterocycles. The molecule has 0 atom stereocenters. The molecule has 0 aliphatic heterocycles. The van der Waals surface area contributed by atoms with Gasteiger partial charge in [-0.1, -0.05) is 41.4 Å². The van der Waals surface area contributed by atoms with Crippen LogP contribution in [0.3, 0.4) is 0 Å². The van der Waals surface area contributed by atoms with Gasteiger partial charge >= 0.3 is 0 Å². The van der Waals surface area contributed by atoms with Crippen LogP contribution in [-0.4, -0.2) is 10.2 Å². The first-order valence-electron chi connectivity index (χ1n) is 5.96. The quantitative estimate of drug-likeness (QED) is 0.815. The van der Waals surface area contributed by atoms with E-state index in [1.165, 1.54) is 0 Å². The summed E-state index contributed by atoms with van der Waals surface area (Å²) in [5.41, 5.74) is 1.92. The fourth-order valence-electron chi connectivity index (χ4n) is 1.67. The van der Waals surface area contributed by atoms with E-state index >= 15 is 0 Å². The van der Waals surface area contributed by atoms with E-state index in [1.54, 1.807) is 6.07 Å². The predicted molar refractivity (Wildman–Crippen MR) is 79.6 cm³/mol. The second kappa shape index (κ2) is 6.35. The van der Waals surface area contributed by atoms with Crippen LogP contribution in [0, 0.1) is 0 Å². The lowest BCUT2D eigenvalue weighted by Gasteiger charge is -2.14. The summed E-state index contributed by atoms with van der Waals surface area (Å²) in [5, 5.41) is 8.14. The number of nitrogens with zero attached hydrogens (tertiary/aromatic N) is 2. The largest absolute Gasteiger partial charge is 0.487 e. The molecule has 3 nitrogen and oxygen atoms in total. The molecule has 0 fully saturated rings. The van der Waals surface area contributed by atoms with Crippen molar-refractivity contribution in [3.05, 3.63) is 51.2 Å². The van der Waals surface area contributed by atoms with E-state index in [0.29, 0.717) is 17.7 Å². The summed E-state index contributed by atoms with van der Waals surface area (Å²) < 4.78 is 6.86. The summed E-state index contributed by atoms with van der Waals surface area (Å²) in [4.78, 5) is 0. The molecule has 19 heavy (non-hydrogen) atoms. The highest BCUT2D eigenvalue weighted by molar-refractivity contribution is 9.10. The van der Waals surface area contributed by atoms with Crippen LogP contribution in [0.2, 0.25) is 5.15 Å². The summed E-state index contributed by atoms with van der Waals surface area (Å²) in [5.74, 6) is 1.26. The van der Waals surface area contributed by atoms with E-state index in [0.717, 1.165) is 21.5 Å². The molecule has 0 radical (unpaired) electrons. The van der Waals surface area contributed by atoms with Crippen molar-refractivity contribution in [3.63, 3.8) is 0 Å². The fraction of sp³-hybridized carbons (Fsp3) is 0.286. The maximum Gasteiger partial charge on any atom is 0.151 e. The Kier molecular flexibility index (Phi) is 4.77. The lowest BCUT2D eigenvalue weighted by molar-refractivity contribution is 0.295. The normalized spacial score (nSPS) is 10.8. The fourth-order valence-corrected chi connectivity index (χ4v) is 2.15. The van der Waals surface area contributed by atoms with Crippen molar-refractivity contribution in [2.75, 3.05) is 0 Å². The van der Waals surface area contributed by atoms with Gasteiger partial charge in [-0.2, -0.15) is 5.10 Å². The first-order valence-corrected chi connectivity index (χ1v) is 7.13. The third-order valence-electron chi connectivity index (χ3n) is 2.66. The summed E-state index contributed by atoms with van der Waals surface area (Å²) in [7, 11) is 0. The van der Waals surface area contributed by atoms with Crippen LogP contribution >= 0.6 is 27.5 Å². The molecule has 0 aliphatic rings. The topological polar surface area (TPSA) is 35.0 Å². The van der Waals surface area contributed by atoms with Crippen LogP contribution in [-0.2, 0) is 6.61 Å². The van der Waals surface area contributed by atoms with Gasteiger partial charge in [0.25, 0.3) is 0 Å². The van der Waals surface area contributed by atoms with Gasteiger partial charge in [0.1, 0.15) is 18.1 Å². The third kappa shape index (κ3) is 3.91. The average Bonchev–Trinajstić information content (AvgIpc) is 2.39. The SMILES string of the molecule is CC(C)c1cc(Br)ccc1OCc1ccc(Cl)nn1. The second-order valence-electron chi connectivity index (χ2n) is 4.47. The minimum atomic E-state index is 0.380. The Labute approximate surface area is 126 Å². The second-order valence-corrected chi connectivity index (χ2v) is 5.78. The Bertz CT molecular complexity index is 558. The van der Waals surface area contributed by atoms with Crippen LogP contribution in [0.5, 0.6) is 5.75 Å². The molecular formula is C14H14BrClN2O. The van der Waals surface area contributed by atoms with Crippen molar-refractivity contribution in [2.24, 2.45) is 0 Å². The molecule has 2 rings (SSSR count). The Hall–Kier alpha value is -1.13. The standard InChI is InChI=1S/C14H14BrClN2O/c1-9(2)12-7-10(15)3-5-13(12)19-8-11-4-6-14(16)18-17-11/h3-7,9H,8H2,1-2H3. The zero-order valence-corrected chi connectivity index (χ0v) is 13.1. The van der Waals surface area contributed by atoms with Gasteiger partial charge in [-0.25, -0.2) is 0 Å². The molecule has 0 aliphatic carbocycles. The summed E-state index contributed by atoms with van der Waals surface area (Å²) in [6.45, 7) is 4.65. The summed E-state index contributed by atoms with van der Waals surface area (Å²) in [6.07, 6.45) is 0. The van der Waals surface area contributed by atoms with Crippen LogP contribution < -0.4 is 4.74 Å². The number of aromatic nitrogens is 2. The van der Waals surface area contributed by atoms with Crippen molar-refractivity contribution < 1.29 is 4.74 Å². The highest BCUT2D eigenvalue weighted by Crippen LogP contribution is 2.29. The third-order valence-corrected chi connectivity index (χ3v) is 3.35. The summed E-state index contributed by atoms with van der Waals surface area (Å²) >= 11 is 9.17. The van der Waals surface area contributed by atoms with E-state index < -0.39 is 0 Å². The molecule has 0 N–H and O–H groups in total. The molecule has 0 amide bonds. The highest BCUT2D eigenvalue weighted by Gasteiger charge is 2.09. The molecule has 0 unspecified atom stereocenters. The minimum absolute atomic E-state index is 0.380. The van der Waals surface area contributed by atoms with Gasteiger partial charge in [-0.3, -0.25) is 0 Å². The molecule has 0 saturated heterocycles. The Morgan fingerprint density at radius 1 is 1.21 bits per heavy atom. The molecule has 1 heterocycles. The Balaban J connectivity index is 2.13. The monoisotopic (exact) mass is 340 g/mol. The molecule has 0 spiro atoms. The molecule has 1 aromatic carbocycles. The van der Waals surface area contributed by atoms with E-state index in [-0.39, 0.29) is 0 Å². The maximum absolute atomic E-state index is 5.81. The zero-order chi connectivity index (χ0) is 13.8. The molecular weight excluding hydrogens is 328 g/mol. The minimum Gasteiger partial charge on any atom is -0.487 e. The van der Waals surface area contributed by atoms with Crippen molar-refractivity contribution >= 4 is 27.5 Å². The lowest BCUT2D eigenvalue weighted by Crippen LogP contribution is -2.02. The number of halogens is 2. The van der Waals surface area contributed by atoms with Gasteiger partial charge in [-0.15, -0.1) is 5.10 Å². The average molecular weight is 342 g/mol. The predicted octanol–water partition coefficient (Wildman–Crippen LogP) is 4.59. The van der Waals surface area contributed by atoms with E-state index in [9.17, 15) is 0 Å². The van der Waals surface area contributed by atoms with Crippen molar-refractivity contribution in [3.8, 4) is 5.75 Å². The molecule has 100 valence electrons. The van der Waals surface area contributed by atoms with Gasteiger partial charge in [-0.05, 0) is 41.8 Å². The Morgan fingerprint density at radius 3 is 2.63 bits per heavy atom. The van der Waals surface area contributed by atoms with E-state index in [4.69, 9.17) is 16.3 Å². The van der Waals surface area contributed by atoms with Crippen molar-refractivity contribution in [2.45, 2.75) is 26.4 Å². The van der Waals surface area contributed by atoms with Gasteiger partial charge < -0.3 is 4.74 Å². The number of rotatable bonds is 4. The van der Waals surface area contributed by atoms with Gasteiger partial charge in [0.2, 0.25) is 0 Å². The summed E-state index contributed by atoms with van der Waals surface area (Å²) in [6, 6.07) is 9.52. The molecule has 2 aromatic rings. The number of ether oxygens (including phenoxy) is 1. The van der Waals surface area contributed by atoms with Gasteiger partial charge in [0.05, 0.1) is 0 Å². The molecule has 0 bridgehead atoms. The maximum atomic E-state index is 5.81.